The molecule has 1 aromatic heterocycles. The first kappa shape index (κ1) is 19.3. The van der Waals surface area contributed by atoms with E-state index in [4.69, 9.17) is 11.1 Å². The van der Waals surface area contributed by atoms with Crippen molar-refractivity contribution in [1.82, 2.24) is 10.2 Å². The van der Waals surface area contributed by atoms with Gasteiger partial charge in [-0.15, -0.1) is 11.3 Å². The van der Waals surface area contributed by atoms with Crippen LogP contribution in [-0.2, 0) is 16.3 Å². The molecule has 0 bridgehead atoms. The first-order valence-electron chi connectivity index (χ1n) is 8.44. The summed E-state index contributed by atoms with van der Waals surface area (Å²) in [5.74, 6) is -3.93. The number of benzene rings is 1. The van der Waals surface area contributed by atoms with E-state index in [1.807, 2.05) is 20.8 Å². The summed E-state index contributed by atoms with van der Waals surface area (Å²) in [6.45, 7) is 2.68. The average Bonchev–Trinajstić information content (AvgIpc) is 2.92. The molecule has 0 spiro atoms. The molecule has 2 heterocycles. The van der Waals surface area contributed by atoms with Gasteiger partial charge in [-0.3, -0.25) is 15.1 Å². The van der Waals surface area contributed by atoms with Gasteiger partial charge in [0, 0.05) is 24.4 Å². The lowest BCUT2D eigenvalue weighted by molar-refractivity contribution is -0.131. The third-order valence-electron chi connectivity index (χ3n) is 5.09. The van der Waals surface area contributed by atoms with Crippen LogP contribution in [0.15, 0.2) is 30.3 Å². The highest BCUT2D eigenvalue weighted by molar-refractivity contribution is 7.17. The van der Waals surface area contributed by atoms with Crippen molar-refractivity contribution in [3.63, 3.8) is 0 Å². The Morgan fingerprint density at radius 2 is 1.96 bits per heavy atom. The normalized spacial score (nSPS) is 23.4. The Hall–Kier alpha value is -2.42. The Morgan fingerprint density at radius 3 is 2.44 bits per heavy atom. The van der Waals surface area contributed by atoms with Gasteiger partial charge in [-0.1, -0.05) is 35.8 Å². The van der Waals surface area contributed by atoms with Gasteiger partial charge in [-0.25, -0.2) is 8.78 Å². The number of amides is 1. The molecule has 4 N–H and O–H groups in total. The van der Waals surface area contributed by atoms with Crippen molar-refractivity contribution in [1.29, 1.82) is 5.41 Å². The molecule has 2 atom stereocenters. The molecule has 0 aliphatic carbocycles. The number of thiophene rings is 1. The summed E-state index contributed by atoms with van der Waals surface area (Å²) < 4.78 is 27.1. The smallest absolute Gasteiger partial charge is 0.270 e. The number of hydrogen-bond acceptors (Lipinski definition) is 4. The molecule has 0 unspecified atom stereocenters. The molecule has 2 aromatic rings. The topological polar surface area (TPSA) is 82.2 Å². The second-order valence-corrected chi connectivity index (χ2v) is 8.26. The van der Waals surface area contributed by atoms with Crippen molar-refractivity contribution >= 4 is 41.5 Å². The van der Waals surface area contributed by atoms with E-state index < -0.39 is 17.4 Å². The van der Waals surface area contributed by atoms with E-state index in [2.05, 4.69) is 5.32 Å². The number of nitrogen functional groups attached to an aromatic ring is 1. The van der Waals surface area contributed by atoms with E-state index in [1.54, 1.807) is 12.1 Å². The Morgan fingerprint density at radius 1 is 1.37 bits per heavy atom. The number of nitrogens with two attached hydrogens (primary N) is 1. The third kappa shape index (κ3) is 3.20. The van der Waals surface area contributed by atoms with Gasteiger partial charge in [0.05, 0.1) is 16.5 Å². The standard InChI is InChI=1S/C18H21BF2N4OS/c1-17(12-8-11(19)14(22)27-12)13(15(26)25(3)16(23)24-17)9-4-6-10(7-5-9)18(2,20)21/h4-8,13H,19,22H2,1-3H3,(H2,23,24)/t13-,17+/m0/s1. The number of hydrogen-bond donors (Lipinski definition) is 3. The van der Waals surface area contributed by atoms with Crippen LogP contribution in [0.2, 0.25) is 0 Å². The van der Waals surface area contributed by atoms with Crippen molar-refractivity contribution in [3.05, 3.63) is 46.3 Å². The summed E-state index contributed by atoms with van der Waals surface area (Å²) in [5.41, 5.74) is 6.49. The molecular weight excluding hydrogens is 369 g/mol. The number of carbonyl (C=O) groups excluding carboxylic acids is 1. The lowest BCUT2D eigenvalue weighted by Crippen LogP contribution is -2.62. The Labute approximate surface area is 161 Å². The molecule has 9 heteroatoms. The van der Waals surface area contributed by atoms with Gasteiger partial charge in [0.1, 0.15) is 7.85 Å². The number of likely N-dealkylation sites (N-methyl/N-ethyl adjacent to an activating group) is 1. The summed E-state index contributed by atoms with van der Waals surface area (Å²) in [4.78, 5) is 15.1. The first-order chi connectivity index (χ1) is 12.4. The lowest BCUT2D eigenvalue weighted by Gasteiger charge is -2.45. The number of guanidine groups is 1. The summed E-state index contributed by atoms with van der Waals surface area (Å²) in [6.07, 6.45) is 0. The molecule has 1 fully saturated rings. The Balaban J connectivity index is 2.13. The molecule has 142 valence electrons. The van der Waals surface area contributed by atoms with Crippen molar-refractivity contribution in [2.75, 3.05) is 12.8 Å². The zero-order valence-electron chi connectivity index (χ0n) is 15.6. The molecule has 1 aliphatic heterocycles. The molecular formula is C18H21BF2N4OS. The van der Waals surface area contributed by atoms with Crippen LogP contribution in [0, 0.1) is 5.41 Å². The lowest BCUT2D eigenvalue weighted by atomic mass is 9.76. The zero-order valence-corrected chi connectivity index (χ0v) is 16.4. The number of carbonyl (C=O) groups is 1. The molecule has 0 saturated carbocycles. The SMILES string of the molecule is Bc1cc([C@@]2(C)NC(=N)N(C)C(=O)[C@@H]2c2ccc(C(C)(F)F)cc2)sc1N. The highest BCUT2D eigenvalue weighted by Crippen LogP contribution is 2.43. The summed E-state index contributed by atoms with van der Waals surface area (Å²) >= 11 is 1.36. The van der Waals surface area contributed by atoms with Gasteiger partial charge in [0.25, 0.3) is 5.92 Å². The van der Waals surface area contributed by atoms with Gasteiger partial charge in [-0.2, -0.15) is 0 Å². The molecule has 5 nitrogen and oxygen atoms in total. The number of nitrogens with one attached hydrogen (secondary N) is 2. The zero-order chi connectivity index (χ0) is 20.1. The summed E-state index contributed by atoms with van der Waals surface area (Å²) in [6, 6.07) is 7.71. The maximum atomic E-state index is 13.6. The van der Waals surface area contributed by atoms with E-state index >= 15 is 0 Å². The van der Waals surface area contributed by atoms with Crippen LogP contribution >= 0.6 is 11.3 Å². The van der Waals surface area contributed by atoms with Crippen LogP contribution < -0.4 is 16.5 Å². The van der Waals surface area contributed by atoms with Crippen LogP contribution in [0.4, 0.5) is 13.8 Å². The molecule has 1 aliphatic rings. The van der Waals surface area contributed by atoms with Crippen molar-refractivity contribution < 1.29 is 13.6 Å². The maximum Gasteiger partial charge on any atom is 0.270 e. The van der Waals surface area contributed by atoms with Crippen LogP contribution in [0.5, 0.6) is 0 Å². The van der Waals surface area contributed by atoms with E-state index in [-0.39, 0.29) is 17.4 Å². The summed E-state index contributed by atoms with van der Waals surface area (Å²) in [5, 5.41) is 11.9. The van der Waals surface area contributed by atoms with Crippen LogP contribution in [-0.4, -0.2) is 31.7 Å². The summed E-state index contributed by atoms with van der Waals surface area (Å²) in [7, 11) is 3.40. The van der Waals surface area contributed by atoms with E-state index in [0.29, 0.717) is 10.6 Å². The number of halogens is 2. The molecule has 0 radical (unpaired) electrons. The predicted octanol–water partition coefficient (Wildman–Crippen LogP) is 1.70. The third-order valence-corrected chi connectivity index (χ3v) is 6.39. The first-order valence-corrected chi connectivity index (χ1v) is 9.25. The number of alkyl halides is 2. The van der Waals surface area contributed by atoms with Crippen LogP contribution in [0.25, 0.3) is 0 Å². The van der Waals surface area contributed by atoms with E-state index in [0.717, 1.165) is 17.3 Å². The molecule has 1 aromatic carbocycles. The van der Waals surface area contributed by atoms with Crippen LogP contribution in [0.3, 0.4) is 0 Å². The second kappa shape index (κ2) is 6.33. The van der Waals surface area contributed by atoms with Gasteiger partial charge >= 0.3 is 0 Å². The molecule has 27 heavy (non-hydrogen) atoms. The number of nitrogens with zero attached hydrogens (tertiary/aromatic N) is 1. The minimum absolute atomic E-state index is 0.0138. The molecule has 1 amide bonds. The van der Waals surface area contributed by atoms with Gasteiger partial charge in [0.2, 0.25) is 5.91 Å². The van der Waals surface area contributed by atoms with Gasteiger partial charge in [0.15, 0.2) is 5.96 Å². The quantitative estimate of drug-likeness (QED) is 0.698. The Kier molecular flexibility index (Phi) is 4.54. The monoisotopic (exact) mass is 390 g/mol. The molecule has 1 saturated heterocycles. The maximum absolute atomic E-state index is 13.6. The average molecular weight is 390 g/mol. The fourth-order valence-corrected chi connectivity index (χ4v) is 4.43. The fourth-order valence-electron chi connectivity index (χ4n) is 3.35. The van der Waals surface area contributed by atoms with Crippen LogP contribution in [0.1, 0.15) is 35.8 Å². The predicted molar refractivity (Wildman–Crippen MR) is 107 cm³/mol. The minimum atomic E-state index is -2.95. The van der Waals surface area contributed by atoms with E-state index in [9.17, 15) is 13.6 Å². The fraction of sp³-hybridized carbons (Fsp3) is 0.333. The second-order valence-electron chi connectivity index (χ2n) is 7.17. The van der Waals surface area contributed by atoms with Gasteiger partial charge in [-0.05, 0) is 12.5 Å². The highest BCUT2D eigenvalue weighted by Gasteiger charge is 2.49. The van der Waals surface area contributed by atoms with Gasteiger partial charge < -0.3 is 11.1 Å². The number of anilines is 1. The van der Waals surface area contributed by atoms with Crippen molar-refractivity contribution in [2.24, 2.45) is 0 Å². The number of rotatable bonds is 3. The van der Waals surface area contributed by atoms with Crippen molar-refractivity contribution in [2.45, 2.75) is 31.2 Å². The highest BCUT2D eigenvalue weighted by atomic mass is 32.1. The van der Waals surface area contributed by atoms with Crippen molar-refractivity contribution in [3.8, 4) is 0 Å². The Bertz CT molecular complexity index is 890. The largest absolute Gasteiger partial charge is 0.391 e. The van der Waals surface area contributed by atoms with E-state index in [1.165, 1.54) is 35.4 Å². The molecule has 3 rings (SSSR count). The minimum Gasteiger partial charge on any atom is -0.391 e.